The molecule has 1 aliphatic heterocycles. The maximum Gasteiger partial charge on any atom is 0.414 e. The summed E-state index contributed by atoms with van der Waals surface area (Å²) in [5.74, 6) is 0. The van der Waals surface area contributed by atoms with Gasteiger partial charge in [0.15, 0.2) is 0 Å². The van der Waals surface area contributed by atoms with Gasteiger partial charge in [-0.3, -0.25) is 4.90 Å². The van der Waals surface area contributed by atoms with Gasteiger partial charge in [0, 0.05) is 12.2 Å². The molecule has 1 rings (SSSR count). The molecule has 0 aliphatic carbocycles. The van der Waals surface area contributed by atoms with Crippen molar-refractivity contribution in [1.29, 1.82) is 0 Å². The second-order valence-corrected chi connectivity index (χ2v) is 3.10. The van der Waals surface area contributed by atoms with Crippen molar-refractivity contribution in [2.45, 2.75) is 32.4 Å². The fourth-order valence-corrected chi connectivity index (χ4v) is 1.32. The Balaban J connectivity index is 2.59. The van der Waals surface area contributed by atoms with Crippen LogP contribution in [0, 0.1) is 0 Å². The second kappa shape index (κ2) is 4.28. The molecule has 0 aromatic carbocycles. The van der Waals surface area contributed by atoms with Crippen molar-refractivity contribution in [3.63, 3.8) is 0 Å². The molecule has 0 unspecified atom stereocenters. The molecular weight excluding hydrogens is 170 g/mol. The third kappa shape index (κ3) is 2.45. The minimum absolute atomic E-state index is 0.000880. The second-order valence-electron chi connectivity index (χ2n) is 3.10. The van der Waals surface area contributed by atoms with E-state index in [-0.39, 0.29) is 12.1 Å². The highest BCUT2D eigenvalue weighted by atomic mass is 16.6. The first-order valence-electron chi connectivity index (χ1n) is 4.46. The van der Waals surface area contributed by atoms with Crippen LogP contribution < -0.4 is 0 Å². The molecule has 2 atom stereocenters. The Morgan fingerprint density at radius 1 is 1.77 bits per heavy atom. The number of ether oxygens (including phenoxy) is 1. The van der Waals surface area contributed by atoms with Gasteiger partial charge in [-0.15, -0.1) is 0 Å². The number of aliphatic hydroxyl groups excluding tert-OH is 1. The van der Waals surface area contributed by atoms with Crippen LogP contribution in [0.1, 0.15) is 20.3 Å². The summed E-state index contributed by atoms with van der Waals surface area (Å²) >= 11 is 0. The van der Waals surface area contributed by atoms with Gasteiger partial charge in [-0.05, 0) is 26.3 Å². The zero-order valence-electron chi connectivity index (χ0n) is 7.93. The highest BCUT2D eigenvalue weighted by molar-refractivity contribution is 5.69. The topological polar surface area (TPSA) is 49.8 Å². The summed E-state index contributed by atoms with van der Waals surface area (Å²) in [5.41, 5.74) is 0. The highest BCUT2D eigenvalue weighted by Gasteiger charge is 2.24. The molecule has 0 aromatic heterocycles. The molecule has 4 nitrogen and oxygen atoms in total. The van der Waals surface area contributed by atoms with Gasteiger partial charge in [-0.1, -0.05) is 0 Å². The van der Waals surface area contributed by atoms with E-state index >= 15 is 0 Å². The van der Waals surface area contributed by atoms with E-state index in [4.69, 9.17) is 4.74 Å². The van der Waals surface area contributed by atoms with Crippen LogP contribution in [-0.2, 0) is 4.74 Å². The Hall–Kier alpha value is -1.03. The lowest BCUT2D eigenvalue weighted by molar-refractivity contribution is 0.0927. The van der Waals surface area contributed by atoms with Gasteiger partial charge in [0.25, 0.3) is 0 Å². The Morgan fingerprint density at radius 2 is 2.46 bits per heavy atom. The molecule has 74 valence electrons. The molecule has 1 heterocycles. The summed E-state index contributed by atoms with van der Waals surface area (Å²) in [6, 6.07) is -0.000880. The van der Waals surface area contributed by atoms with E-state index in [1.807, 2.05) is 6.92 Å². The van der Waals surface area contributed by atoms with Crippen molar-refractivity contribution in [1.82, 2.24) is 4.90 Å². The van der Waals surface area contributed by atoms with E-state index in [1.54, 1.807) is 19.2 Å². The quantitative estimate of drug-likeness (QED) is 0.665. The fraction of sp³-hybridized carbons (Fsp3) is 0.667. The SMILES string of the molecule is CCOC(=O)N1C=C[C@H](O)C[C@@H]1C. The van der Waals surface area contributed by atoms with Gasteiger partial charge in [0.1, 0.15) is 0 Å². The van der Waals surface area contributed by atoms with Crippen LogP contribution >= 0.6 is 0 Å². The summed E-state index contributed by atoms with van der Waals surface area (Å²) in [5, 5.41) is 9.24. The van der Waals surface area contributed by atoms with E-state index in [2.05, 4.69) is 0 Å². The molecule has 4 heteroatoms. The third-order valence-corrected chi connectivity index (χ3v) is 2.00. The van der Waals surface area contributed by atoms with E-state index in [1.165, 1.54) is 4.90 Å². The molecule has 0 fully saturated rings. The van der Waals surface area contributed by atoms with E-state index < -0.39 is 6.10 Å². The molecule has 1 aliphatic rings. The largest absolute Gasteiger partial charge is 0.449 e. The molecule has 0 radical (unpaired) electrons. The van der Waals surface area contributed by atoms with Crippen molar-refractivity contribution >= 4 is 6.09 Å². The summed E-state index contributed by atoms with van der Waals surface area (Å²) in [6.07, 6.45) is 2.95. The van der Waals surface area contributed by atoms with Crippen LogP contribution in [-0.4, -0.2) is 34.9 Å². The monoisotopic (exact) mass is 185 g/mol. The molecule has 0 aromatic rings. The third-order valence-electron chi connectivity index (χ3n) is 2.00. The average Bonchev–Trinajstić information content (AvgIpc) is 2.04. The molecule has 0 spiro atoms. The summed E-state index contributed by atoms with van der Waals surface area (Å²) < 4.78 is 4.84. The summed E-state index contributed by atoms with van der Waals surface area (Å²) in [6.45, 7) is 4.02. The van der Waals surface area contributed by atoms with Crippen LogP contribution in [0.2, 0.25) is 0 Å². The lowest BCUT2D eigenvalue weighted by Gasteiger charge is -2.29. The van der Waals surface area contributed by atoms with Gasteiger partial charge in [0.05, 0.1) is 12.7 Å². The van der Waals surface area contributed by atoms with E-state index in [0.29, 0.717) is 13.0 Å². The Bertz CT molecular complexity index is 215. The van der Waals surface area contributed by atoms with Crippen molar-refractivity contribution in [2.75, 3.05) is 6.61 Å². The first-order valence-corrected chi connectivity index (χ1v) is 4.46. The smallest absolute Gasteiger partial charge is 0.414 e. The van der Waals surface area contributed by atoms with Crippen LogP contribution in [0.4, 0.5) is 4.79 Å². The number of nitrogens with zero attached hydrogens (tertiary/aromatic N) is 1. The minimum Gasteiger partial charge on any atom is -0.449 e. The summed E-state index contributed by atoms with van der Waals surface area (Å²) in [4.78, 5) is 12.8. The molecule has 0 saturated carbocycles. The normalized spacial score (nSPS) is 27.5. The van der Waals surface area contributed by atoms with Crippen LogP contribution in [0.15, 0.2) is 12.3 Å². The lowest BCUT2D eigenvalue weighted by Crippen LogP contribution is -2.39. The van der Waals surface area contributed by atoms with Crippen LogP contribution in [0.25, 0.3) is 0 Å². The zero-order chi connectivity index (χ0) is 9.84. The maximum atomic E-state index is 11.3. The predicted molar refractivity (Wildman–Crippen MR) is 48.1 cm³/mol. The number of hydrogen-bond donors (Lipinski definition) is 1. The molecule has 13 heavy (non-hydrogen) atoms. The van der Waals surface area contributed by atoms with Crippen molar-refractivity contribution in [3.05, 3.63) is 12.3 Å². The van der Waals surface area contributed by atoms with E-state index in [9.17, 15) is 9.90 Å². The highest BCUT2D eigenvalue weighted by Crippen LogP contribution is 2.15. The molecule has 1 amide bonds. The van der Waals surface area contributed by atoms with Crippen LogP contribution in [0.5, 0.6) is 0 Å². The van der Waals surface area contributed by atoms with Gasteiger partial charge in [-0.25, -0.2) is 4.79 Å². The fourth-order valence-electron chi connectivity index (χ4n) is 1.32. The Morgan fingerprint density at radius 3 is 3.00 bits per heavy atom. The van der Waals surface area contributed by atoms with Gasteiger partial charge >= 0.3 is 6.09 Å². The first kappa shape index (κ1) is 10.1. The molecule has 0 saturated heterocycles. The molecular formula is C9H15NO3. The number of hydrogen-bond acceptors (Lipinski definition) is 3. The first-order chi connectivity index (χ1) is 6.15. The van der Waals surface area contributed by atoms with Crippen molar-refractivity contribution < 1.29 is 14.6 Å². The molecule has 1 N–H and O–H groups in total. The maximum absolute atomic E-state index is 11.3. The standard InChI is InChI=1S/C9H15NO3/c1-3-13-9(12)10-5-4-8(11)6-7(10)2/h4-5,7-8,11H,3,6H2,1-2H3/t7-,8-/m0/s1. The van der Waals surface area contributed by atoms with Crippen molar-refractivity contribution in [3.8, 4) is 0 Å². The van der Waals surface area contributed by atoms with Crippen LogP contribution in [0.3, 0.4) is 0 Å². The Labute approximate surface area is 77.8 Å². The van der Waals surface area contributed by atoms with Gasteiger partial charge in [0.2, 0.25) is 0 Å². The average molecular weight is 185 g/mol. The number of amides is 1. The number of aliphatic hydroxyl groups is 1. The van der Waals surface area contributed by atoms with Gasteiger partial charge < -0.3 is 9.84 Å². The van der Waals surface area contributed by atoms with Crippen molar-refractivity contribution in [2.24, 2.45) is 0 Å². The van der Waals surface area contributed by atoms with Gasteiger partial charge in [-0.2, -0.15) is 0 Å². The minimum atomic E-state index is -0.444. The predicted octanol–water partition coefficient (Wildman–Crippen LogP) is 1.11. The summed E-state index contributed by atoms with van der Waals surface area (Å²) in [7, 11) is 0. The zero-order valence-corrected chi connectivity index (χ0v) is 7.93. The Kier molecular flexibility index (Phi) is 3.31. The number of rotatable bonds is 1. The van der Waals surface area contributed by atoms with E-state index in [0.717, 1.165) is 0 Å². The number of carbonyl (C=O) groups excluding carboxylic acids is 1. The number of carbonyl (C=O) groups is 1. The molecule has 0 bridgehead atoms. The lowest BCUT2D eigenvalue weighted by atomic mass is 10.1.